The van der Waals surface area contributed by atoms with E-state index < -0.39 is 0 Å². The molecule has 2 N–H and O–H groups in total. The Labute approximate surface area is 113 Å². The minimum Gasteiger partial charge on any atom is -0.383 e. The first-order chi connectivity index (χ1) is 8.67. The first-order valence-corrected chi connectivity index (χ1v) is 7.12. The fourth-order valence-electron chi connectivity index (χ4n) is 1.56. The third-order valence-electron chi connectivity index (χ3n) is 2.49. The summed E-state index contributed by atoms with van der Waals surface area (Å²) in [7, 11) is 1.71. The molecule has 0 aromatic carbocycles. The SMILES string of the molecule is CCNC(=NCc1sccc1C)NC(C)COC. The molecule has 1 aromatic heterocycles. The summed E-state index contributed by atoms with van der Waals surface area (Å²) in [5.41, 5.74) is 1.31. The number of hydrogen-bond donors (Lipinski definition) is 2. The van der Waals surface area contributed by atoms with E-state index in [1.54, 1.807) is 18.4 Å². The fourth-order valence-corrected chi connectivity index (χ4v) is 2.39. The first-order valence-electron chi connectivity index (χ1n) is 6.24. The molecule has 1 unspecified atom stereocenters. The van der Waals surface area contributed by atoms with Crippen molar-refractivity contribution in [1.82, 2.24) is 10.6 Å². The summed E-state index contributed by atoms with van der Waals surface area (Å²) >= 11 is 1.75. The van der Waals surface area contributed by atoms with Crippen LogP contribution in [0.25, 0.3) is 0 Å². The minimum atomic E-state index is 0.247. The molecule has 0 aliphatic heterocycles. The molecular weight excluding hydrogens is 246 g/mol. The second-order valence-electron chi connectivity index (χ2n) is 4.22. The molecule has 0 fully saturated rings. The van der Waals surface area contributed by atoms with Gasteiger partial charge >= 0.3 is 0 Å². The van der Waals surface area contributed by atoms with Gasteiger partial charge < -0.3 is 15.4 Å². The third-order valence-corrected chi connectivity index (χ3v) is 3.50. The predicted molar refractivity (Wildman–Crippen MR) is 78.3 cm³/mol. The van der Waals surface area contributed by atoms with Gasteiger partial charge in [-0.2, -0.15) is 0 Å². The maximum absolute atomic E-state index is 5.11. The molecule has 18 heavy (non-hydrogen) atoms. The van der Waals surface area contributed by atoms with E-state index in [2.05, 4.69) is 47.8 Å². The van der Waals surface area contributed by atoms with Crippen LogP contribution < -0.4 is 10.6 Å². The second kappa shape index (κ2) is 8.11. The lowest BCUT2D eigenvalue weighted by Gasteiger charge is -2.16. The Hall–Kier alpha value is -1.07. The number of aryl methyl sites for hydroxylation is 1. The van der Waals surface area contributed by atoms with Gasteiger partial charge in [0.15, 0.2) is 5.96 Å². The zero-order valence-corrected chi connectivity index (χ0v) is 12.4. The summed E-state index contributed by atoms with van der Waals surface area (Å²) < 4.78 is 5.11. The third kappa shape index (κ3) is 5.06. The molecule has 5 heteroatoms. The second-order valence-corrected chi connectivity index (χ2v) is 5.22. The summed E-state index contributed by atoms with van der Waals surface area (Å²) in [6, 6.07) is 2.38. The van der Waals surface area contributed by atoms with Crippen LogP contribution in [0, 0.1) is 6.92 Å². The van der Waals surface area contributed by atoms with Crippen LogP contribution in [0.1, 0.15) is 24.3 Å². The van der Waals surface area contributed by atoms with Gasteiger partial charge in [-0.25, -0.2) is 4.99 Å². The highest BCUT2D eigenvalue weighted by molar-refractivity contribution is 7.10. The number of ether oxygens (including phenoxy) is 1. The monoisotopic (exact) mass is 269 g/mol. The summed E-state index contributed by atoms with van der Waals surface area (Å²) in [6.45, 7) is 8.51. The number of rotatable bonds is 6. The topological polar surface area (TPSA) is 45.7 Å². The molecule has 1 rings (SSSR count). The largest absolute Gasteiger partial charge is 0.383 e. The number of aliphatic imine (C=N–C) groups is 1. The first kappa shape index (κ1) is 15.0. The van der Waals surface area contributed by atoms with Crippen molar-refractivity contribution in [2.75, 3.05) is 20.3 Å². The standard InChI is InChI=1S/C13H23N3OS/c1-5-14-13(16-11(3)9-17-4)15-8-12-10(2)6-7-18-12/h6-7,11H,5,8-9H2,1-4H3,(H2,14,15,16). The van der Waals surface area contributed by atoms with Gasteiger partial charge in [0.05, 0.1) is 13.2 Å². The Kier molecular flexibility index (Phi) is 6.75. The Balaban J connectivity index is 2.57. The quantitative estimate of drug-likeness (QED) is 0.614. The Bertz CT molecular complexity index is 376. The predicted octanol–water partition coefficient (Wildman–Crippen LogP) is 2.15. The average molecular weight is 269 g/mol. The van der Waals surface area contributed by atoms with Gasteiger partial charge in [0.1, 0.15) is 0 Å². The van der Waals surface area contributed by atoms with E-state index >= 15 is 0 Å². The molecule has 1 heterocycles. The van der Waals surface area contributed by atoms with Crippen LogP contribution in [0.5, 0.6) is 0 Å². The molecule has 0 saturated carbocycles. The zero-order chi connectivity index (χ0) is 13.4. The Morgan fingerprint density at radius 2 is 2.33 bits per heavy atom. The van der Waals surface area contributed by atoms with Crippen LogP contribution in [0.3, 0.4) is 0 Å². The molecule has 0 radical (unpaired) electrons. The molecule has 0 aliphatic rings. The van der Waals surface area contributed by atoms with Gasteiger partial charge in [-0.3, -0.25) is 0 Å². The zero-order valence-electron chi connectivity index (χ0n) is 11.6. The molecule has 0 bridgehead atoms. The van der Waals surface area contributed by atoms with Crippen molar-refractivity contribution >= 4 is 17.3 Å². The number of nitrogens with one attached hydrogen (secondary N) is 2. The molecule has 4 nitrogen and oxygen atoms in total. The molecule has 1 atom stereocenters. The summed E-state index contributed by atoms with van der Waals surface area (Å²) in [5.74, 6) is 0.842. The van der Waals surface area contributed by atoms with E-state index in [0.717, 1.165) is 19.0 Å². The Morgan fingerprint density at radius 1 is 1.56 bits per heavy atom. The van der Waals surface area contributed by atoms with Gasteiger partial charge in [0, 0.05) is 24.6 Å². The van der Waals surface area contributed by atoms with Crippen molar-refractivity contribution < 1.29 is 4.74 Å². The Morgan fingerprint density at radius 3 is 2.89 bits per heavy atom. The van der Waals surface area contributed by atoms with Crippen molar-refractivity contribution in [3.8, 4) is 0 Å². The van der Waals surface area contributed by atoms with Crippen molar-refractivity contribution in [1.29, 1.82) is 0 Å². The lowest BCUT2D eigenvalue weighted by molar-refractivity contribution is 0.179. The minimum absolute atomic E-state index is 0.247. The van der Waals surface area contributed by atoms with Crippen LogP contribution in [-0.4, -0.2) is 32.3 Å². The van der Waals surface area contributed by atoms with Gasteiger partial charge in [-0.05, 0) is 37.8 Å². The van der Waals surface area contributed by atoms with Gasteiger partial charge in [-0.15, -0.1) is 11.3 Å². The number of nitrogens with zero attached hydrogens (tertiary/aromatic N) is 1. The number of methoxy groups -OCH3 is 1. The van der Waals surface area contributed by atoms with Crippen molar-refractivity contribution in [3.63, 3.8) is 0 Å². The van der Waals surface area contributed by atoms with E-state index in [-0.39, 0.29) is 6.04 Å². The van der Waals surface area contributed by atoms with Crippen LogP contribution in [0.2, 0.25) is 0 Å². The molecule has 0 saturated heterocycles. The molecule has 0 amide bonds. The number of hydrogen-bond acceptors (Lipinski definition) is 3. The van der Waals surface area contributed by atoms with Gasteiger partial charge in [0.2, 0.25) is 0 Å². The number of guanidine groups is 1. The van der Waals surface area contributed by atoms with E-state index in [1.165, 1.54) is 10.4 Å². The maximum atomic E-state index is 5.11. The van der Waals surface area contributed by atoms with E-state index in [0.29, 0.717) is 6.61 Å². The van der Waals surface area contributed by atoms with Crippen molar-refractivity contribution in [3.05, 3.63) is 21.9 Å². The van der Waals surface area contributed by atoms with Gasteiger partial charge in [0.25, 0.3) is 0 Å². The van der Waals surface area contributed by atoms with Crippen molar-refractivity contribution in [2.45, 2.75) is 33.4 Å². The molecular formula is C13H23N3OS. The van der Waals surface area contributed by atoms with Crippen LogP contribution >= 0.6 is 11.3 Å². The van der Waals surface area contributed by atoms with E-state index in [1.807, 2.05) is 0 Å². The molecule has 0 spiro atoms. The summed E-state index contributed by atoms with van der Waals surface area (Å²) in [6.07, 6.45) is 0. The van der Waals surface area contributed by atoms with Crippen LogP contribution in [-0.2, 0) is 11.3 Å². The highest BCUT2D eigenvalue weighted by atomic mass is 32.1. The maximum Gasteiger partial charge on any atom is 0.191 e. The van der Waals surface area contributed by atoms with Crippen LogP contribution in [0.15, 0.2) is 16.4 Å². The lowest BCUT2D eigenvalue weighted by Crippen LogP contribution is -2.43. The van der Waals surface area contributed by atoms with E-state index in [9.17, 15) is 0 Å². The van der Waals surface area contributed by atoms with E-state index in [4.69, 9.17) is 4.74 Å². The molecule has 0 aliphatic carbocycles. The number of thiophene rings is 1. The lowest BCUT2D eigenvalue weighted by atomic mass is 10.3. The van der Waals surface area contributed by atoms with Crippen molar-refractivity contribution in [2.24, 2.45) is 4.99 Å². The smallest absolute Gasteiger partial charge is 0.191 e. The highest BCUT2D eigenvalue weighted by Crippen LogP contribution is 2.16. The van der Waals surface area contributed by atoms with Crippen LogP contribution in [0.4, 0.5) is 0 Å². The average Bonchev–Trinajstić information content (AvgIpc) is 2.72. The highest BCUT2D eigenvalue weighted by Gasteiger charge is 2.05. The summed E-state index contributed by atoms with van der Waals surface area (Å²) in [5, 5.41) is 8.67. The normalized spacial score (nSPS) is 13.4. The fraction of sp³-hybridized carbons (Fsp3) is 0.615. The molecule has 102 valence electrons. The molecule has 1 aromatic rings. The summed E-state index contributed by atoms with van der Waals surface area (Å²) in [4.78, 5) is 5.90. The van der Waals surface area contributed by atoms with Gasteiger partial charge in [-0.1, -0.05) is 0 Å².